The number of halogens is 1. The van der Waals surface area contributed by atoms with Crippen LogP contribution in [0.15, 0.2) is 12.1 Å². The highest BCUT2D eigenvalue weighted by molar-refractivity contribution is 7.16. The third kappa shape index (κ3) is 3.50. The van der Waals surface area contributed by atoms with Crippen LogP contribution in [0.1, 0.15) is 31.1 Å². The fraction of sp³-hybridized carbons (Fsp3) is 0.545. The topological polar surface area (TPSA) is 29.1 Å². The highest BCUT2D eigenvalue weighted by Crippen LogP contribution is 2.34. The maximum Gasteiger partial charge on any atom is 0.220 e. The third-order valence-corrected chi connectivity index (χ3v) is 3.81. The van der Waals surface area contributed by atoms with E-state index in [1.54, 1.807) is 18.4 Å². The molecule has 0 bridgehead atoms. The number of rotatable bonds is 4. The molecular formula is C11H16ClNOS. The van der Waals surface area contributed by atoms with E-state index >= 15 is 0 Å². The Morgan fingerprint density at radius 2 is 2.20 bits per heavy atom. The van der Waals surface area contributed by atoms with Gasteiger partial charge in [0.1, 0.15) is 0 Å². The highest BCUT2D eigenvalue weighted by atomic mass is 35.5. The van der Waals surface area contributed by atoms with Gasteiger partial charge in [-0.15, -0.1) is 11.3 Å². The van der Waals surface area contributed by atoms with Gasteiger partial charge in [0.15, 0.2) is 0 Å². The molecule has 1 heterocycles. The summed E-state index contributed by atoms with van der Waals surface area (Å²) in [5.74, 6) is 0.790. The van der Waals surface area contributed by atoms with Crippen LogP contribution < -0.4 is 5.32 Å². The van der Waals surface area contributed by atoms with Gasteiger partial charge in [-0.1, -0.05) is 25.4 Å². The molecule has 2 nitrogen and oxygen atoms in total. The minimum absolute atomic E-state index is 0.0817. The van der Waals surface area contributed by atoms with E-state index in [0.29, 0.717) is 12.3 Å². The molecule has 0 aromatic carbocycles. The average Bonchev–Trinajstić information content (AvgIpc) is 2.60. The predicted molar refractivity (Wildman–Crippen MR) is 65.6 cm³/mol. The molecule has 1 N–H and O–H groups in total. The van der Waals surface area contributed by atoms with Crippen molar-refractivity contribution >= 4 is 28.8 Å². The number of amides is 1. The van der Waals surface area contributed by atoms with E-state index in [2.05, 4.69) is 19.2 Å². The molecule has 1 amide bonds. The van der Waals surface area contributed by atoms with Crippen LogP contribution in [0.25, 0.3) is 0 Å². The Hall–Kier alpha value is -0.540. The van der Waals surface area contributed by atoms with Gasteiger partial charge in [0, 0.05) is 24.3 Å². The van der Waals surface area contributed by atoms with E-state index in [-0.39, 0.29) is 11.8 Å². The summed E-state index contributed by atoms with van der Waals surface area (Å²) in [7, 11) is 1.67. The van der Waals surface area contributed by atoms with Crippen molar-refractivity contribution in [3.05, 3.63) is 21.3 Å². The fourth-order valence-electron chi connectivity index (χ4n) is 1.49. The van der Waals surface area contributed by atoms with E-state index < -0.39 is 0 Å². The number of thiophene rings is 1. The van der Waals surface area contributed by atoms with Gasteiger partial charge >= 0.3 is 0 Å². The molecule has 0 aliphatic carbocycles. The molecule has 1 aromatic heterocycles. The molecule has 1 rings (SSSR count). The summed E-state index contributed by atoms with van der Waals surface area (Å²) < 4.78 is 0.785. The highest BCUT2D eigenvalue weighted by Gasteiger charge is 2.20. The molecule has 4 heteroatoms. The van der Waals surface area contributed by atoms with Crippen LogP contribution in [0.2, 0.25) is 4.34 Å². The fourth-order valence-corrected chi connectivity index (χ4v) is 2.83. The van der Waals surface area contributed by atoms with Crippen LogP contribution in [-0.4, -0.2) is 13.0 Å². The van der Waals surface area contributed by atoms with Gasteiger partial charge in [-0.2, -0.15) is 0 Å². The monoisotopic (exact) mass is 245 g/mol. The Balaban J connectivity index is 2.79. The van der Waals surface area contributed by atoms with Gasteiger partial charge in [0.25, 0.3) is 0 Å². The second kappa shape index (κ2) is 5.52. The first-order chi connectivity index (χ1) is 7.04. The summed E-state index contributed by atoms with van der Waals surface area (Å²) in [5.41, 5.74) is 0. The van der Waals surface area contributed by atoms with Crippen LogP contribution in [0, 0.1) is 5.92 Å². The Morgan fingerprint density at radius 1 is 1.53 bits per heavy atom. The zero-order valence-electron chi connectivity index (χ0n) is 9.21. The molecule has 0 aliphatic rings. The van der Waals surface area contributed by atoms with E-state index in [1.807, 2.05) is 12.1 Å². The van der Waals surface area contributed by atoms with Crippen molar-refractivity contribution in [3.8, 4) is 0 Å². The summed E-state index contributed by atoms with van der Waals surface area (Å²) in [6.45, 7) is 4.25. The van der Waals surface area contributed by atoms with Crippen molar-refractivity contribution in [1.82, 2.24) is 5.32 Å². The van der Waals surface area contributed by atoms with Crippen molar-refractivity contribution in [1.29, 1.82) is 0 Å². The molecule has 0 saturated carbocycles. The Morgan fingerprint density at radius 3 is 2.60 bits per heavy atom. The van der Waals surface area contributed by atoms with Gasteiger partial charge in [-0.25, -0.2) is 0 Å². The van der Waals surface area contributed by atoms with Crippen LogP contribution in [0.3, 0.4) is 0 Å². The minimum Gasteiger partial charge on any atom is -0.359 e. The summed E-state index contributed by atoms with van der Waals surface area (Å²) in [5, 5.41) is 2.66. The predicted octanol–water partition coefficient (Wildman–Crippen LogP) is 3.28. The second-order valence-corrected chi connectivity index (χ2v) is 5.62. The quantitative estimate of drug-likeness (QED) is 0.867. The third-order valence-electron chi connectivity index (χ3n) is 2.45. The lowest BCUT2D eigenvalue weighted by Crippen LogP contribution is -2.22. The SMILES string of the molecule is CNC(=O)CC(c1ccc(Cl)s1)C(C)C. The number of hydrogen-bond acceptors (Lipinski definition) is 2. The largest absolute Gasteiger partial charge is 0.359 e. The van der Waals surface area contributed by atoms with Gasteiger partial charge in [0.05, 0.1) is 4.34 Å². The molecular weight excluding hydrogens is 230 g/mol. The Labute approximate surface area is 99.6 Å². The van der Waals surface area contributed by atoms with Crippen LogP contribution in [0.4, 0.5) is 0 Å². The lowest BCUT2D eigenvalue weighted by atomic mass is 9.91. The van der Waals surface area contributed by atoms with E-state index in [9.17, 15) is 4.79 Å². The zero-order chi connectivity index (χ0) is 11.4. The molecule has 0 radical (unpaired) electrons. The van der Waals surface area contributed by atoms with Crippen molar-refractivity contribution in [2.24, 2.45) is 5.92 Å². The van der Waals surface area contributed by atoms with Crippen LogP contribution in [-0.2, 0) is 4.79 Å². The smallest absolute Gasteiger partial charge is 0.220 e. The molecule has 0 spiro atoms. The molecule has 1 atom stereocenters. The van der Waals surface area contributed by atoms with Crippen molar-refractivity contribution in [2.45, 2.75) is 26.2 Å². The Kier molecular flexibility index (Phi) is 4.61. The number of nitrogens with one attached hydrogen (secondary N) is 1. The first kappa shape index (κ1) is 12.5. The summed E-state index contributed by atoms with van der Waals surface area (Å²) in [4.78, 5) is 12.6. The Bertz CT molecular complexity index is 335. The number of carbonyl (C=O) groups is 1. The maximum atomic E-state index is 11.4. The van der Waals surface area contributed by atoms with Crippen molar-refractivity contribution in [3.63, 3.8) is 0 Å². The van der Waals surface area contributed by atoms with Crippen LogP contribution >= 0.6 is 22.9 Å². The normalized spacial score (nSPS) is 12.9. The summed E-state index contributed by atoms with van der Waals surface area (Å²) >= 11 is 7.46. The van der Waals surface area contributed by atoms with Crippen LogP contribution in [0.5, 0.6) is 0 Å². The van der Waals surface area contributed by atoms with E-state index in [1.165, 1.54) is 4.88 Å². The number of carbonyl (C=O) groups excluding carboxylic acids is 1. The minimum atomic E-state index is 0.0817. The molecule has 1 unspecified atom stereocenters. The first-order valence-electron chi connectivity index (χ1n) is 5.00. The molecule has 0 saturated heterocycles. The lowest BCUT2D eigenvalue weighted by molar-refractivity contribution is -0.121. The summed E-state index contributed by atoms with van der Waals surface area (Å²) in [6.07, 6.45) is 0.533. The molecule has 84 valence electrons. The van der Waals surface area contributed by atoms with Crippen molar-refractivity contribution < 1.29 is 4.79 Å². The maximum absolute atomic E-state index is 11.4. The molecule has 0 aliphatic heterocycles. The lowest BCUT2D eigenvalue weighted by Gasteiger charge is -2.18. The molecule has 15 heavy (non-hydrogen) atoms. The molecule has 0 fully saturated rings. The van der Waals surface area contributed by atoms with E-state index in [4.69, 9.17) is 11.6 Å². The molecule has 1 aromatic rings. The number of hydrogen-bond donors (Lipinski definition) is 1. The second-order valence-electron chi connectivity index (χ2n) is 3.87. The zero-order valence-corrected chi connectivity index (χ0v) is 10.8. The summed E-state index contributed by atoms with van der Waals surface area (Å²) in [6, 6.07) is 3.90. The van der Waals surface area contributed by atoms with E-state index in [0.717, 1.165) is 4.34 Å². The standard InChI is InChI=1S/C11H16ClNOS/c1-7(2)8(6-11(14)13-3)9-4-5-10(12)15-9/h4-5,7-8H,6H2,1-3H3,(H,13,14). The van der Waals surface area contributed by atoms with Gasteiger partial charge in [-0.3, -0.25) is 4.79 Å². The average molecular weight is 246 g/mol. The van der Waals surface area contributed by atoms with Crippen molar-refractivity contribution in [2.75, 3.05) is 7.05 Å². The van der Waals surface area contributed by atoms with Gasteiger partial charge < -0.3 is 5.32 Å². The van der Waals surface area contributed by atoms with Gasteiger partial charge in [-0.05, 0) is 18.1 Å². The first-order valence-corrected chi connectivity index (χ1v) is 6.20. The van der Waals surface area contributed by atoms with Gasteiger partial charge in [0.2, 0.25) is 5.91 Å².